The van der Waals surface area contributed by atoms with Gasteiger partial charge in [-0.1, -0.05) is 47.1 Å². The number of hydrogen-bond acceptors (Lipinski definition) is 5. The number of Topliss-reactive ketones (excluding diaryl/α,β-unsaturated/α-hetero) is 1. The van der Waals surface area contributed by atoms with Crippen LogP contribution in [0.1, 0.15) is 6.92 Å². The van der Waals surface area contributed by atoms with Gasteiger partial charge in [0.05, 0.1) is 18.6 Å². The third-order valence-corrected chi connectivity index (χ3v) is 5.05. The molecule has 3 rings (SSSR count). The summed E-state index contributed by atoms with van der Waals surface area (Å²) in [7, 11) is 1.58. The molecule has 0 unspecified atom stereocenters. The van der Waals surface area contributed by atoms with Crippen molar-refractivity contribution in [3.63, 3.8) is 0 Å². The predicted molar refractivity (Wildman–Crippen MR) is 105 cm³/mol. The highest BCUT2D eigenvalue weighted by atomic mass is 35.5. The summed E-state index contributed by atoms with van der Waals surface area (Å²) in [5.74, 6) is 1.53. The summed E-state index contributed by atoms with van der Waals surface area (Å²) < 4.78 is 7.31. The zero-order valence-corrected chi connectivity index (χ0v) is 16.4. The molecule has 134 valence electrons. The topological polar surface area (TPSA) is 57.0 Å². The van der Waals surface area contributed by atoms with Gasteiger partial charge in [0, 0.05) is 15.6 Å². The second kappa shape index (κ2) is 8.12. The molecule has 0 radical (unpaired) electrons. The van der Waals surface area contributed by atoms with Crippen LogP contribution in [0.2, 0.25) is 10.0 Å². The molecule has 0 saturated carbocycles. The number of hydrogen-bond donors (Lipinski definition) is 0. The van der Waals surface area contributed by atoms with Crippen LogP contribution in [0.25, 0.3) is 17.1 Å². The largest absolute Gasteiger partial charge is 0.495 e. The third-order valence-electron chi connectivity index (χ3n) is 3.50. The van der Waals surface area contributed by atoms with E-state index in [4.69, 9.17) is 27.9 Å². The Balaban J connectivity index is 2.21. The molecule has 0 N–H and O–H groups in total. The number of carbonyl (C=O) groups is 1. The Hall–Kier alpha value is -2.02. The van der Waals surface area contributed by atoms with Crippen molar-refractivity contribution in [1.29, 1.82) is 0 Å². The molecule has 5 nitrogen and oxygen atoms in total. The molecule has 26 heavy (non-hydrogen) atoms. The van der Waals surface area contributed by atoms with Gasteiger partial charge in [-0.2, -0.15) is 0 Å². The summed E-state index contributed by atoms with van der Waals surface area (Å²) in [6, 6.07) is 12.6. The Morgan fingerprint density at radius 1 is 1.15 bits per heavy atom. The van der Waals surface area contributed by atoms with Crippen LogP contribution in [0.3, 0.4) is 0 Å². The standard InChI is InChI=1S/C18H15Cl2N3O2S/c1-11(24)10-26-18-22-21-17(12-4-3-5-13(19)8-12)23(18)15-9-14(20)6-7-16(15)25-2/h3-9H,10H2,1-2H3. The number of ketones is 1. The lowest BCUT2D eigenvalue weighted by atomic mass is 10.2. The van der Waals surface area contributed by atoms with Crippen molar-refractivity contribution in [1.82, 2.24) is 14.8 Å². The van der Waals surface area contributed by atoms with E-state index in [1.54, 1.807) is 37.4 Å². The van der Waals surface area contributed by atoms with E-state index in [1.807, 2.05) is 16.7 Å². The molecule has 1 aromatic heterocycles. The molecule has 3 aromatic rings. The monoisotopic (exact) mass is 407 g/mol. The highest BCUT2D eigenvalue weighted by Crippen LogP contribution is 2.34. The predicted octanol–water partition coefficient (Wildman–Crippen LogP) is 4.93. The van der Waals surface area contributed by atoms with Gasteiger partial charge in [-0.05, 0) is 37.3 Å². The van der Waals surface area contributed by atoms with Crippen LogP contribution in [0.4, 0.5) is 0 Å². The molecular weight excluding hydrogens is 393 g/mol. The summed E-state index contributed by atoms with van der Waals surface area (Å²) in [6.07, 6.45) is 0. The molecular formula is C18H15Cl2N3O2S. The molecule has 0 fully saturated rings. The van der Waals surface area contributed by atoms with Crippen molar-refractivity contribution in [3.8, 4) is 22.8 Å². The van der Waals surface area contributed by atoms with E-state index in [2.05, 4.69) is 10.2 Å². The molecule has 0 aliphatic heterocycles. The van der Waals surface area contributed by atoms with Crippen LogP contribution >= 0.6 is 35.0 Å². The van der Waals surface area contributed by atoms with Crippen LogP contribution in [-0.4, -0.2) is 33.4 Å². The minimum atomic E-state index is 0.0481. The van der Waals surface area contributed by atoms with Crippen LogP contribution in [0, 0.1) is 0 Å². The highest BCUT2D eigenvalue weighted by molar-refractivity contribution is 7.99. The number of aromatic nitrogens is 3. The minimum Gasteiger partial charge on any atom is -0.495 e. The lowest BCUT2D eigenvalue weighted by Crippen LogP contribution is -2.04. The van der Waals surface area contributed by atoms with Gasteiger partial charge < -0.3 is 4.74 Å². The minimum absolute atomic E-state index is 0.0481. The summed E-state index contributed by atoms with van der Waals surface area (Å²) in [4.78, 5) is 11.4. The lowest BCUT2D eigenvalue weighted by molar-refractivity contribution is -0.114. The first-order valence-corrected chi connectivity index (χ1v) is 9.41. The van der Waals surface area contributed by atoms with E-state index in [0.717, 1.165) is 5.56 Å². The van der Waals surface area contributed by atoms with Crippen LogP contribution < -0.4 is 4.74 Å². The van der Waals surface area contributed by atoms with Crippen molar-refractivity contribution in [2.24, 2.45) is 0 Å². The van der Waals surface area contributed by atoms with E-state index in [-0.39, 0.29) is 11.5 Å². The second-order valence-corrected chi connectivity index (χ2v) is 7.27. The van der Waals surface area contributed by atoms with Crippen LogP contribution in [0.5, 0.6) is 5.75 Å². The van der Waals surface area contributed by atoms with Crippen molar-refractivity contribution < 1.29 is 9.53 Å². The fraction of sp³-hybridized carbons (Fsp3) is 0.167. The number of thioether (sulfide) groups is 1. The number of methoxy groups -OCH3 is 1. The summed E-state index contributed by atoms with van der Waals surface area (Å²) in [5, 5.41) is 10.3. The molecule has 0 atom stereocenters. The van der Waals surface area contributed by atoms with Gasteiger partial charge in [0.25, 0.3) is 0 Å². The number of rotatable bonds is 6. The fourth-order valence-corrected chi connectivity index (χ4v) is 3.50. The Kier molecular flexibility index (Phi) is 5.86. The number of benzene rings is 2. The second-order valence-electron chi connectivity index (χ2n) is 5.46. The quantitative estimate of drug-likeness (QED) is 0.542. The van der Waals surface area contributed by atoms with E-state index in [1.165, 1.54) is 18.7 Å². The summed E-state index contributed by atoms with van der Waals surface area (Å²) in [5.41, 5.74) is 1.48. The molecule has 0 spiro atoms. The number of nitrogens with zero attached hydrogens (tertiary/aromatic N) is 3. The van der Waals surface area contributed by atoms with Crippen molar-refractivity contribution in [2.75, 3.05) is 12.9 Å². The normalized spacial score (nSPS) is 10.8. The highest BCUT2D eigenvalue weighted by Gasteiger charge is 2.20. The van der Waals surface area contributed by atoms with Crippen molar-refractivity contribution in [2.45, 2.75) is 12.1 Å². The Labute approximate surface area is 165 Å². The zero-order chi connectivity index (χ0) is 18.7. The Morgan fingerprint density at radius 2 is 1.92 bits per heavy atom. The number of carbonyl (C=O) groups excluding carboxylic acids is 1. The molecule has 8 heteroatoms. The maximum absolute atomic E-state index is 11.4. The van der Waals surface area contributed by atoms with E-state index < -0.39 is 0 Å². The van der Waals surface area contributed by atoms with Gasteiger partial charge in [0.1, 0.15) is 11.5 Å². The van der Waals surface area contributed by atoms with E-state index in [9.17, 15) is 4.79 Å². The molecule has 0 amide bonds. The van der Waals surface area contributed by atoms with Crippen LogP contribution in [-0.2, 0) is 4.79 Å². The van der Waals surface area contributed by atoms with Crippen LogP contribution in [0.15, 0.2) is 47.6 Å². The number of ether oxygens (including phenoxy) is 1. The zero-order valence-electron chi connectivity index (χ0n) is 14.1. The van der Waals surface area contributed by atoms with E-state index >= 15 is 0 Å². The molecule has 0 aliphatic carbocycles. The van der Waals surface area contributed by atoms with Gasteiger partial charge >= 0.3 is 0 Å². The fourth-order valence-electron chi connectivity index (χ4n) is 2.40. The Bertz CT molecular complexity index is 959. The number of halogens is 2. The third kappa shape index (κ3) is 4.03. The molecule has 2 aromatic carbocycles. The van der Waals surface area contributed by atoms with Gasteiger partial charge in [-0.25, -0.2) is 0 Å². The molecule has 1 heterocycles. The molecule has 0 saturated heterocycles. The molecule has 0 aliphatic rings. The van der Waals surface area contributed by atoms with E-state index in [0.29, 0.717) is 32.5 Å². The summed E-state index contributed by atoms with van der Waals surface area (Å²) >= 11 is 13.6. The van der Waals surface area contributed by atoms with Gasteiger partial charge in [-0.3, -0.25) is 9.36 Å². The van der Waals surface area contributed by atoms with Gasteiger partial charge in [-0.15, -0.1) is 10.2 Å². The van der Waals surface area contributed by atoms with Crippen molar-refractivity contribution >= 4 is 40.7 Å². The smallest absolute Gasteiger partial charge is 0.196 e. The molecule has 0 bridgehead atoms. The Morgan fingerprint density at radius 3 is 2.62 bits per heavy atom. The van der Waals surface area contributed by atoms with Crippen molar-refractivity contribution in [3.05, 3.63) is 52.5 Å². The van der Waals surface area contributed by atoms with Gasteiger partial charge in [0.2, 0.25) is 0 Å². The summed E-state index contributed by atoms with van der Waals surface area (Å²) in [6.45, 7) is 1.53. The lowest BCUT2D eigenvalue weighted by Gasteiger charge is -2.14. The SMILES string of the molecule is COc1ccc(Cl)cc1-n1c(SCC(C)=O)nnc1-c1cccc(Cl)c1. The first kappa shape index (κ1) is 18.8. The van der Waals surface area contributed by atoms with Gasteiger partial charge in [0.15, 0.2) is 11.0 Å². The average molecular weight is 408 g/mol. The first-order valence-electron chi connectivity index (χ1n) is 7.67. The first-order chi connectivity index (χ1) is 12.5. The average Bonchev–Trinajstić information content (AvgIpc) is 3.03. The maximum atomic E-state index is 11.4. The maximum Gasteiger partial charge on any atom is 0.196 e.